The molecule has 1 N–H and O–H groups in total. The Hall–Kier alpha value is -2.13. The molecular weight excluding hydrogens is 286 g/mol. The van der Waals surface area contributed by atoms with Gasteiger partial charge in [0.1, 0.15) is 0 Å². The fourth-order valence-electron chi connectivity index (χ4n) is 2.86. The van der Waals surface area contributed by atoms with E-state index in [-0.39, 0.29) is 24.2 Å². The summed E-state index contributed by atoms with van der Waals surface area (Å²) in [5, 5.41) is 2.97. The lowest BCUT2D eigenvalue weighted by Gasteiger charge is -2.31. The lowest BCUT2D eigenvalue weighted by molar-refractivity contribution is -0.135. The van der Waals surface area contributed by atoms with Gasteiger partial charge in [0.25, 0.3) is 0 Å². The van der Waals surface area contributed by atoms with E-state index >= 15 is 0 Å². The number of nitrogens with one attached hydrogen (secondary N) is 1. The van der Waals surface area contributed by atoms with Crippen LogP contribution in [0.1, 0.15) is 29.4 Å². The summed E-state index contributed by atoms with van der Waals surface area (Å²) in [5.74, 6) is -1.16. The maximum atomic E-state index is 12.4. The summed E-state index contributed by atoms with van der Waals surface area (Å²) in [5.41, 5.74) is 1.74. The molecular formula is C17H14ClNO2. The number of benzene rings is 2. The monoisotopic (exact) mass is 299 g/mol. The quantitative estimate of drug-likeness (QED) is 0.865. The highest BCUT2D eigenvalue weighted by Crippen LogP contribution is 2.40. The lowest BCUT2D eigenvalue weighted by atomic mass is 9.76. The predicted molar refractivity (Wildman–Crippen MR) is 81.1 cm³/mol. The van der Waals surface area contributed by atoms with E-state index in [4.69, 9.17) is 11.6 Å². The highest BCUT2D eigenvalue weighted by molar-refractivity contribution is 6.31. The summed E-state index contributed by atoms with van der Waals surface area (Å²) in [4.78, 5) is 24.1. The molecule has 2 amide bonds. The number of piperidine rings is 1. The van der Waals surface area contributed by atoms with Crippen molar-refractivity contribution in [2.45, 2.75) is 18.3 Å². The van der Waals surface area contributed by atoms with Crippen LogP contribution in [-0.2, 0) is 9.59 Å². The van der Waals surface area contributed by atoms with Crippen LogP contribution in [0.25, 0.3) is 0 Å². The van der Waals surface area contributed by atoms with Gasteiger partial charge in [-0.15, -0.1) is 0 Å². The fraction of sp³-hybridized carbons (Fsp3) is 0.176. The molecule has 0 saturated carbocycles. The third-order valence-corrected chi connectivity index (χ3v) is 4.16. The molecule has 1 heterocycles. The zero-order chi connectivity index (χ0) is 14.8. The maximum Gasteiger partial charge on any atom is 0.234 e. The molecule has 21 heavy (non-hydrogen) atoms. The molecule has 3 nitrogen and oxygen atoms in total. The fourth-order valence-corrected chi connectivity index (χ4v) is 3.12. The lowest BCUT2D eigenvalue weighted by Crippen LogP contribution is -2.43. The average molecular weight is 300 g/mol. The van der Waals surface area contributed by atoms with Gasteiger partial charge in [0.05, 0.1) is 5.92 Å². The number of hydrogen-bond acceptors (Lipinski definition) is 2. The molecule has 2 aromatic carbocycles. The van der Waals surface area contributed by atoms with Crippen molar-refractivity contribution >= 4 is 23.4 Å². The minimum Gasteiger partial charge on any atom is -0.296 e. The van der Waals surface area contributed by atoms with Crippen LogP contribution in [0.3, 0.4) is 0 Å². The maximum absolute atomic E-state index is 12.4. The summed E-state index contributed by atoms with van der Waals surface area (Å²) in [6, 6.07) is 16.9. The van der Waals surface area contributed by atoms with Gasteiger partial charge in [0.15, 0.2) is 0 Å². The molecule has 0 bridgehead atoms. The second-order valence-electron chi connectivity index (χ2n) is 5.13. The van der Waals surface area contributed by atoms with Crippen molar-refractivity contribution in [1.82, 2.24) is 5.32 Å². The van der Waals surface area contributed by atoms with Crippen molar-refractivity contribution in [3.05, 3.63) is 70.7 Å². The first-order valence-corrected chi connectivity index (χ1v) is 7.17. The van der Waals surface area contributed by atoms with Gasteiger partial charge < -0.3 is 0 Å². The van der Waals surface area contributed by atoms with Gasteiger partial charge in [0, 0.05) is 17.4 Å². The number of hydrogen-bond donors (Lipinski definition) is 1. The Morgan fingerprint density at radius 2 is 1.62 bits per heavy atom. The van der Waals surface area contributed by atoms with Crippen molar-refractivity contribution in [1.29, 1.82) is 0 Å². The summed E-state index contributed by atoms with van der Waals surface area (Å²) >= 11 is 6.25. The van der Waals surface area contributed by atoms with Gasteiger partial charge in [-0.05, 0) is 17.2 Å². The third-order valence-electron chi connectivity index (χ3n) is 3.82. The predicted octanol–water partition coefficient (Wildman–Crippen LogP) is 3.25. The largest absolute Gasteiger partial charge is 0.296 e. The van der Waals surface area contributed by atoms with E-state index < -0.39 is 5.92 Å². The second kappa shape index (κ2) is 5.70. The van der Waals surface area contributed by atoms with Crippen LogP contribution in [-0.4, -0.2) is 11.8 Å². The summed E-state index contributed by atoms with van der Waals surface area (Å²) in [6.07, 6.45) is 0.283. The van der Waals surface area contributed by atoms with Gasteiger partial charge >= 0.3 is 0 Å². The number of carbonyl (C=O) groups is 2. The van der Waals surface area contributed by atoms with Crippen molar-refractivity contribution < 1.29 is 9.59 Å². The Labute approximate surface area is 127 Å². The van der Waals surface area contributed by atoms with Gasteiger partial charge in [-0.25, -0.2) is 0 Å². The smallest absolute Gasteiger partial charge is 0.234 e. The molecule has 0 aliphatic carbocycles. The Bertz CT molecular complexity index is 684. The van der Waals surface area contributed by atoms with Crippen LogP contribution in [0.5, 0.6) is 0 Å². The Kier molecular flexibility index (Phi) is 3.76. The van der Waals surface area contributed by atoms with Gasteiger partial charge in [0.2, 0.25) is 11.8 Å². The van der Waals surface area contributed by atoms with Crippen LogP contribution >= 0.6 is 11.6 Å². The van der Waals surface area contributed by atoms with Gasteiger partial charge in [-0.1, -0.05) is 60.1 Å². The van der Waals surface area contributed by atoms with Crippen molar-refractivity contribution in [2.75, 3.05) is 0 Å². The van der Waals surface area contributed by atoms with Crippen molar-refractivity contribution in [3.63, 3.8) is 0 Å². The summed E-state index contributed by atoms with van der Waals surface area (Å²) < 4.78 is 0. The second-order valence-corrected chi connectivity index (χ2v) is 5.54. The topological polar surface area (TPSA) is 46.2 Å². The van der Waals surface area contributed by atoms with Gasteiger partial charge in [-0.2, -0.15) is 0 Å². The molecule has 0 radical (unpaired) electrons. The van der Waals surface area contributed by atoms with E-state index in [2.05, 4.69) is 5.32 Å². The van der Waals surface area contributed by atoms with E-state index in [0.29, 0.717) is 5.02 Å². The highest BCUT2D eigenvalue weighted by Gasteiger charge is 2.38. The van der Waals surface area contributed by atoms with Crippen LogP contribution in [0.2, 0.25) is 5.02 Å². The van der Waals surface area contributed by atoms with E-state index in [0.717, 1.165) is 11.1 Å². The van der Waals surface area contributed by atoms with Crippen molar-refractivity contribution in [3.8, 4) is 0 Å². The number of rotatable bonds is 2. The normalized spacial score (nSPS) is 22.0. The molecule has 2 unspecified atom stereocenters. The molecule has 2 aromatic rings. The zero-order valence-electron chi connectivity index (χ0n) is 11.3. The average Bonchev–Trinajstić information content (AvgIpc) is 2.49. The number of carbonyl (C=O) groups excluding carboxylic acids is 2. The first kappa shape index (κ1) is 13.8. The molecule has 1 aliphatic heterocycles. The van der Waals surface area contributed by atoms with Crippen LogP contribution in [0.4, 0.5) is 0 Å². The molecule has 0 spiro atoms. The van der Waals surface area contributed by atoms with Crippen LogP contribution in [0.15, 0.2) is 54.6 Å². The Morgan fingerprint density at radius 3 is 2.33 bits per heavy atom. The molecule has 1 saturated heterocycles. The molecule has 4 heteroatoms. The van der Waals surface area contributed by atoms with Crippen LogP contribution in [0, 0.1) is 0 Å². The minimum absolute atomic E-state index is 0.188. The van der Waals surface area contributed by atoms with E-state index in [9.17, 15) is 9.59 Å². The number of amides is 2. The molecule has 2 atom stereocenters. The summed E-state index contributed by atoms with van der Waals surface area (Å²) in [6.45, 7) is 0. The van der Waals surface area contributed by atoms with Crippen molar-refractivity contribution in [2.24, 2.45) is 0 Å². The molecule has 1 fully saturated rings. The zero-order valence-corrected chi connectivity index (χ0v) is 12.0. The third kappa shape index (κ3) is 2.69. The molecule has 3 rings (SSSR count). The standard InChI is InChI=1S/C17H14ClNO2/c18-14-9-5-4-8-12(14)16-13(10-15(20)19-17(16)21)11-6-2-1-3-7-11/h1-9,13,16H,10H2,(H,19,20,21). The molecule has 1 aliphatic rings. The first-order valence-electron chi connectivity index (χ1n) is 6.80. The van der Waals surface area contributed by atoms with E-state index in [1.54, 1.807) is 6.07 Å². The Balaban J connectivity index is 2.08. The molecule has 0 aromatic heterocycles. The molecule has 106 valence electrons. The minimum atomic E-state index is -0.446. The summed E-state index contributed by atoms with van der Waals surface area (Å²) in [7, 11) is 0. The van der Waals surface area contributed by atoms with Crippen LogP contribution < -0.4 is 5.32 Å². The Morgan fingerprint density at radius 1 is 0.952 bits per heavy atom. The highest BCUT2D eigenvalue weighted by atomic mass is 35.5. The van der Waals surface area contributed by atoms with E-state index in [1.807, 2.05) is 48.5 Å². The number of halogens is 1. The SMILES string of the molecule is O=C1CC(c2ccccc2)C(c2ccccc2Cl)C(=O)N1. The number of imide groups is 1. The van der Waals surface area contributed by atoms with E-state index in [1.165, 1.54) is 0 Å². The first-order chi connectivity index (χ1) is 10.2. The van der Waals surface area contributed by atoms with Gasteiger partial charge in [-0.3, -0.25) is 14.9 Å².